The first-order chi connectivity index (χ1) is 14.3. The summed E-state index contributed by atoms with van der Waals surface area (Å²) in [6.07, 6.45) is 0. The van der Waals surface area contributed by atoms with Crippen LogP contribution in [0.2, 0.25) is 0 Å². The van der Waals surface area contributed by atoms with Gasteiger partial charge in [-0.2, -0.15) is 0 Å². The van der Waals surface area contributed by atoms with E-state index < -0.39 is 0 Å². The number of azo groups is 1. The van der Waals surface area contributed by atoms with Crippen LogP contribution < -0.4 is 0 Å². The van der Waals surface area contributed by atoms with Crippen LogP contribution in [0.15, 0.2) is 106 Å². The average molecular weight is 442 g/mol. The zero-order valence-electron chi connectivity index (χ0n) is 15.3. The van der Waals surface area contributed by atoms with E-state index in [-0.39, 0.29) is 0 Å². The molecule has 140 valence electrons. The molecule has 0 fully saturated rings. The highest BCUT2D eigenvalue weighted by Crippen LogP contribution is 2.38. The van der Waals surface area contributed by atoms with Crippen molar-refractivity contribution in [3.8, 4) is 22.5 Å². The standard InChI is InChI=1S/C23H16BrN5/c24-19-20(16-10-4-1-5-11-16)28-29-21(17-12-6-2-7-13-17)22(25-23(19)29)27-26-18-14-8-3-9-15-18/h1-15,28H. The molecule has 0 aliphatic heterocycles. The summed E-state index contributed by atoms with van der Waals surface area (Å²) in [5.41, 5.74) is 5.48. The van der Waals surface area contributed by atoms with E-state index in [9.17, 15) is 0 Å². The van der Waals surface area contributed by atoms with Crippen molar-refractivity contribution < 1.29 is 0 Å². The molecular weight excluding hydrogens is 426 g/mol. The van der Waals surface area contributed by atoms with Crippen LogP contribution >= 0.6 is 15.9 Å². The van der Waals surface area contributed by atoms with Gasteiger partial charge in [-0.3, -0.25) is 5.10 Å². The minimum Gasteiger partial charge on any atom is -0.290 e. The Morgan fingerprint density at radius 3 is 1.97 bits per heavy atom. The second-order valence-electron chi connectivity index (χ2n) is 6.51. The molecule has 6 heteroatoms. The molecule has 5 rings (SSSR count). The van der Waals surface area contributed by atoms with E-state index >= 15 is 0 Å². The largest absolute Gasteiger partial charge is 0.290 e. The fraction of sp³-hybridized carbons (Fsp3) is 0. The van der Waals surface area contributed by atoms with Crippen LogP contribution in [0.5, 0.6) is 0 Å². The van der Waals surface area contributed by atoms with Gasteiger partial charge < -0.3 is 0 Å². The maximum Gasteiger partial charge on any atom is 0.203 e. The van der Waals surface area contributed by atoms with Gasteiger partial charge in [-0.25, -0.2) is 9.50 Å². The lowest BCUT2D eigenvalue weighted by molar-refractivity contribution is 0.984. The van der Waals surface area contributed by atoms with Gasteiger partial charge in [-0.1, -0.05) is 78.9 Å². The smallest absolute Gasteiger partial charge is 0.203 e. The van der Waals surface area contributed by atoms with Gasteiger partial charge in [0.05, 0.1) is 15.9 Å². The number of benzene rings is 3. The Morgan fingerprint density at radius 2 is 1.31 bits per heavy atom. The van der Waals surface area contributed by atoms with Gasteiger partial charge in [0.15, 0.2) is 5.65 Å². The number of fused-ring (bicyclic) bond motifs is 1. The number of hydrogen-bond acceptors (Lipinski definition) is 3. The van der Waals surface area contributed by atoms with Gasteiger partial charge in [-0.05, 0) is 28.1 Å². The van der Waals surface area contributed by atoms with Crippen LogP contribution in [-0.2, 0) is 0 Å². The molecular formula is C23H16BrN5. The molecule has 0 saturated heterocycles. The Labute approximate surface area is 175 Å². The summed E-state index contributed by atoms with van der Waals surface area (Å²) in [7, 11) is 0. The average Bonchev–Trinajstić information content (AvgIpc) is 3.30. The molecule has 5 nitrogen and oxygen atoms in total. The first-order valence-corrected chi connectivity index (χ1v) is 9.98. The first-order valence-electron chi connectivity index (χ1n) is 9.19. The number of rotatable bonds is 4. The molecule has 0 saturated carbocycles. The van der Waals surface area contributed by atoms with E-state index in [2.05, 4.69) is 43.4 Å². The molecule has 2 heterocycles. The molecule has 29 heavy (non-hydrogen) atoms. The van der Waals surface area contributed by atoms with Crippen molar-refractivity contribution >= 4 is 33.1 Å². The van der Waals surface area contributed by atoms with Crippen LogP contribution in [0.1, 0.15) is 0 Å². The second kappa shape index (κ2) is 7.48. The number of halogens is 1. The SMILES string of the molecule is Brc1c(-c2ccccc2)[nH]n2c(-c3ccccc3)c(N=Nc3ccccc3)nc12. The molecule has 1 N–H and O–H groups in total. The summed E-state index contributed by atoms with van der Waals surface area (Å²) in [5.74, 6) is 0.562. The van der Waals surface area contributed by atoms with Crippen molar-refractivity contribution in [3.63, 3.8) is 0 Å². The van der Waals surface area contributed by atoms with E-state index in [1.807, 2.05) is 83.4 Å². The third kappa shape index (κ3) is 3.28. The zero-order chi connectivity index (χ0) is 19.6. The lowest BCUT2D eigenvalue weighted by Crippen LogP contribution is -1.89. The first kappa shape index (κ1) is 17.6. The molecule has 0 unspecified atom stereocenters. The van der Waals surface area contributed by atoms with Crippen molar-refractivity contribution in [1.29, 1.82) is 0 Å². The Kier molecular flexibility index (Phi) is 4.54. The van der Waals surface area contributed by atoms with Gasteiger partial charge in [0.2, 0.25) is 5.82 Å². The molecule has 5 aromatic rings. The van der Waals surface area contributed by atoms with Crippen molar-refractivity contribution in [2.75, 3.05) is 0 Å². The maximum absolute atomic E-state index is 4.77. The van der Waals surface area contributed by atoms with E-state index in [1.54, 1.807) is 0 Å². The van der Waals surface area contributed by atoms with Crippen molar-refractivity contribution in [3.05, 3.63) is 95.5 Å². The maximum atomic E-state index is 4.77. The van der Waals surface area contributed by atoms with Crippen LogP contribution in [-0.4, -0.2) is 14.6 Å². The quantitative estimate of drug-likeness (QED) is 0.295. The Bertz CT molecular complexity index is 1290. The lowest BCUT2D eigenvalue weighted by Gasteiger charge is -2.02. The fourth-order valence-electron chi connectivity index (χ4n) is 3.26. The summed E-state index contributed by atoms with van der Waals surface area (Å²) < 4.78 is 2.85. The second-order valence-corrected chi connectivity index (χ2v) is 7.30. The highest BCUT2D eigenvalue weighted by atomic mass is 79.9. The molecule has 0 atom stereocenters. The molecule has 0 spiro atoms. The minimum atomic E-state index is 0.562. The van der Waals surface area contributed by atoms with Gasteiger partial charge in [0.25, 0.3) is 0 Å². The van der Waals surface area contributed by atoms with Crippen LogP contribution in [0.3, 0.4) is 0 Å². The summed E-state index contributed by atoms with van der Waals surface area (Å²) in [4.78, 5) is 4.77. The Balaban J connectivity index is 1.70. The van der Waals surface area contributed by atoms with Crippen molar-refractivity contribution in [2.24, 2.45) is 10.2 Å². The monoisotopic (exact) mass is 441 g/mol. The molecule has 0 radical (unpaired) electrons. The Hall–Kier alpha value is -3.51. The van der Waals surface area contributed by atoms with Gasteiger partial charge in [-0.15, -0.1) is 10.2 Å². The molecule has 0 aliphatic rings. The molecule has 0 aliphatic carbocycles. The third-order valence-corrected chi connectivity index (χ3v) is 5.38. The van der Waals surface area contributed by atoms with E-state index in [1.165, 1.54) is 0 Å². The summed E-state index contributed by atoms with van der Waals surface area (Å²) in [6.45, 7) is 0. The van der Waals surface area contributed by atoms with Crippen LogP contribution in [0.4, 0.5) is 11.5 Å². The highest BCUT2D eigenvalue weighted by Gasteiger charge is 2.21. The van der Waals surface area contributed by atoms with E-state index in [4.69, 9.17) is 4.98 Å². The van der Waals surface area contributed by atoms with Crippen molar-refractivity contribution in [1.82, 2.24) is 14.6 Å². The topological polar surface area (TPSA) is 57.8 Å². The minimum absolute atomic E-state index is 0.562. The number of imidazole rings is 1. The molecule has 0 amide bonds. The number of aromatic amines is 1. The third-order valence-electron chi connectivity index (χ3n) is 4.62. The summed E-state index contributed by atoms with van der Waals surface area (Å²) in [5, 5.41) is 12.3. The van der Waals surface area contributed by atoms with Gasteiger partial charge in [0.1, 0.15) is 5.69 Å². The van der Waals surface area contributed by atoms with Crippen LogP contribution in [0, 0.1) is 0 Å². The van der Waals surface area contributed by atoms with Crippen LogP contribution in [0.25, 0.3) is 28.2 Å². The molecule has 0 bridgehead atoms. The fourth-order valence-corrected chi connectivity index (χ4v) is 3.84. The predicted molar refractivity (Wildman–Crippen MR) is 119 cm³/mol. The van der Waals surface area contributed by atoms with E-state index in [0.29, 0.717) is 5.82 Å². The number of nitrogens with zero attached hydrogens (tertiary/aromatic N) is 4. The Morgan fingerprint density at radius 1 is 0.724 bits per heavy atom. The molecule has 3 aromatic carbocycles. The van der Waals surface area contributed by atoms with Crippen molar-refractivity contribution in [2.45, 2.75) is 0 Å². The van der Waals surface area contributed by atoms with E-state index in [0.717, 1.165) is 38.3 Å². The normalized spacial score (nSPS) is 11.5. The predicted octanol–water partition coefficient (Wildman–Crippen LogP) is 7.17. The van der Waals surface area contributed by atoms with Gasteiger partial charge in [0, 0.05) is 11.1 Å². The zero-order valence-corrected chi connectivity index (χ0v) is 16.9. The van der Waals surface area contributed by atoms with Gasteiger partial charge >= 0.3 is 0 Å². The lowest BCUT2D eigenvalue weighted by atomic mass is 10.1. The number of H-pyrrole nitrogens is 1. The number of hydrogen-bond donors (Lipinski definition) is 1. The highest BCUT2D eigenvalue weighted by molar-refractivity contribution is 9.10. The number of aromatic nitrogens is 3. The summed E-state index contributed by atoms with van der Waals surface area (Å²) in [6, 6.07) is 29.9. The number of nitrogens with one attached hydrogen (secondary N) is 1. The summed E-state index contributed by atoms with van der Waals surface area (Å²) >= 11 is 3.72. The molecule has 2 aromatic heterocycles.